The third kappa shape index (κ3) is 2.27. The Kier molecular flexibility index (Phi) is 2.28. The second kappa shape index (κ2) is 2.11. The minimum absolute atomic E-state index is 1.61. The molecule has 0 aliphatic rings. The van der Waals surface area contributed by atoms with Crippen molar-refractivity contribution >= 4 is 7.29 Å². The zero-order valence-corrected chi connectivity index (χ0v) is 8.02. The van der Waals surface area contributed by atoms with Gasteiger partial charge in [0.15, 0.2) is 0 Å². The number of rotatable bonds is 1. The van der Waals surface area contributed by atoms with Gasteiger partial charge in [-0.05, 0) is 0 Å². The Morgan fingerprint density at radius 1 is 1.25 bits per heavy atom. The van der Waals surface area contributed by atoms with Crippen molar-refractivity contribution in [3.8, 4) is 0 Å². The third-order valence-electron chi connectivity index (χ3n) is 0.585. The Morgan fingerprint density at radius 2 is 1.38 bits per heavy atom. The van der Waals surface area contributed by atoms with Crippen molar-refractivity contribution in [2.45, 2.75) is 0 Å². The Labute approximate surface area is 52.2 Å². The zero-order chi connectivity index (χ0) is 7.00. The molecule has 0 aliphatic carbocycles. The van der Waals surface area contributed by atoms with Gasteiger partial charge >= 0.3 is 52.1 Å². The van der Waals surface area contributed by atoms with Crippen LogP contribution in [-0.4, -0.2) is 27.8 Å². The number of halogens is 1. The first-order valence-corrected chi connectivity index (χ1v) is 12.3. The predicted octanol–water partition coefficient (Wildman–Crippen LogP) is -3.16. The average Bonchev–Trinajstić information content (AvgIpc) is 1.25. The van der Waals surface area contributed by atoms with Crippen molar-refractivity contribution in [1.82, 2.24) is 0 Å². The molecule has 0 aromatic carbocycles. The van der Waals surface area contributed by atoms with E-state index in [1.54, 1.807) is 14.8 Å². The van der Waals surface area contributed by atoms with Crippen molar-refractivity contribution in [3.63, 3.8) is 0 Å². The van der Waals surface area contributed by atoms with Gasteiger partial charge in [0.1, 0.15) is 0 Å². The SMILES string of the molecule is C[I-](C)(C)S(=O)(=O)O. The molecule has 0 atom stereocenters. The van der Waals surface area contributed by atoms with E-state index in [1.165, 1.54) is 0 Å². The molecule has 0 bridgehead atoms. The van der Waals surface area contributed by atoms with E-state index in [0.717, 1.165) is 0 Å². The summed E-state index contributed by atoms with van der Waals surface area (Å²) >= 11 is -2.71. The molecule has 0 rings (SSSR count). The molecule has 0 amide bonds. The molecule has 0 saturated carbocycles. The maximum absolute atomic E-state index is 10.3. The first-order chi connectivity index (χ1) is 3.25. The first-order valence-electron chi connectivity index (χ1n) is 1.80. The number of alkyl halides is 3. The molecule has 0 radical (unpaired) electrons. The van der Waals surface area contributed by atoms with Gasteiger partial charge < -0.3 is 0 Å². The van der Waals surface area contributed by atoms with Gasteiger partial charge in [-0.15, -0.1) is 0 Å². The van der Waals surface area contributed by atoms with E-state index < -0.39 is 24.3 Å². The van der Waals surface area contributed by atoms with E-state index >= 15 is 0 Å². The second-order valence-electron chi connectivity index (χ2n) is 2.01. The molecule has 0 unspecified atom stereocenters. The summed E-state index contributed by atoms with van der Waals surface area (Å²) in [5.74, 6) is 0. The third-order valence-corrected chi connectivity index (χ3v) is 11.8. The van der Waals surface area contributed by atoms with Crippen molar-refractivity contribution in [2.75, 3.05) is 14.8 Å². The van der Waals surface area contributed by atoms with Crippen LogP contribution in [0.4, 0.5) is 0 Å². The quantitative estimate of drug-likeness (QED) is 0.232. The van der Waals surface area contributed by atoms with Crippen LogP contribution in [0.1, 0.15) is 0 Å². The fourth-order valence-electron chi connectivity index (χ4n) is 0. The van der Waals surface area contributed by atoms with E-state index in [-0.39, 0.29) is 0 Å². The van der Waals surface area contributed by atoms with Crippen LogP contribution in [0, 0.1) is 0 Å². The van der Waals surface area contributed by atoms with Crippen LogP contribution in [-0.2, 0) is 7.29 Å². The van der Waals surface area contributed by atoms with Gasteiger partial charge in [-0.1, -0.05) is 0 Å². The van der Waals surface area contributed by atoms with Crippen LogP contribution in [0.15, 0.2) is 0 Å². The first kappa shape index (κ1) is 8.64. The van der Waals surface area contributed by atoms with Gasteiger partial charge in [0, 0.05) is 0 Å². The summed E-state index contributed by atoms with van der Waals surface area (Å²) in [5, 5.41) is 0. The summed E-state index contributed by atoms with van der Waals surface area (Å²) in [7, 11) is -3.66. The van der Waals surface area contributed by atoms with Gasteiger partial charge in [0.05, 0.1) is 0 Å². The van der Waals surface area contributed by atoms with Crippen LogP contribution in [0.2, 0.25) is 0 Å². The molecule has 0 fully saturated rings. The Morgan fingerprint density at radius 3 is 1.38 bits per heavy atom. The molecule has 0 saturated heterocycles. The standard InChI is InChI=1S/C3H10IO3S/c1-4(2,3)8(5,6)7/h1-3H3,(H,5,6,7)/q-1. The van der Waals surface area contributed by atoms with E-state index in [2.05, 4.69) is 0 Å². The number of hydrogen-bond donors (Lipinski definition) is 1. The van der Waals surface area contributed by atoms with Crippen molar-refractivity contribution in [1.29, 1.82) is 0 Å². The summed E-state index contributed by atoms with van der Waals surface area (Å²) in [6.45, 7) is 0. The molecule has 5 heteroatoms. The summed E-state index contributed by atoms with van der Waals surface area (Å²) in [6.07, 6.45) is 0. The molecule has 8 heavy (non-hydrogen) atoms. The summed E-state index contributed by atoms with van der Waals surface area (Å²) < 4.78 is 29.0. The van der Waals surface area contributed by atoms with E-state index in [1.807, 2.05) is 0 Å². The topological polar surface area (TPSA) is 54.4 Å². The van der Waals surface area contributed by atoms with Gasteiger partial charge in [0.25, 0.3) is 0 Å². The summed E-state index contributed by atoms with van der Waals surface area (Å²) in [4.78, 5) is 4.84. The van der Waals surface area contributed by atoms with E-state index in [4.69, 9.17) is 4.55 Å². The zero-order valence-electron chi connectivity index (χ0n) is 5.05. The minimum atomic E-state index is -3.66. The van der Waals surface area contributed by atoms with Crippen LogP contribution in [0.3, 0.4) is 0 Å². The molecule has 0 aromatic rings. The molecular formula is C3H10IO3S-. The van der Waals surface area contributed by atoms with Gasteiger partial charge in [-0.3, -0.25) is 0 Å². The second-order valence-corrected chi connectivity index (χ2v) is 21.5. The molecule has 3 nitrogen and oxygen atoms in total. The molecule has 0 heterocycles. The van der Waals surface area contributed by atoms with Gasteiger partial charge in [-0.25, -0.2) is 0 Å². The Bertz CT molecular complexity index is 163. The maximum atomic E-state index is 10.3. The molecule has 0 spiro atoms. The molecule has 0 aliphatic heterocycles. The van der Waals surface area contributed by atoms with Crippen molar-refractivity contribution < 1.29 is 30.0 Å². The van der Waals surface area contributed by atoms with Crippen LogP contribution < -0.4 is 17.0 Å². The molecule has 1 N–H and O–H groups in total. The molecule has 54 valence electrons. The van der Waals surface area contributed by atoms with E-state index in [9.17, 15) is 8.42 Å². The Hall–Kier alpha value is 0.640. The molecular weight excluding hydrogens is 243 g/mol. The van der Waals surface area contributed by atoms with Gasteiger partial charge in [-0.2, -0.15) is 0 Å². The monoisotopic (exact) mass is 253 g/mol. The Balaban J connectivity index is 4.53. The fraction of sp³-hybridized carbons (Fsp3) is 1.00. The molecule has 0 aromatic heterocycles. The fourth-order valence-corrected chi connectivity index (χ4v) is 0. The van der Waals surface area contributed by atoms with Crippen LogP contribution >= 0.6 is 0 Å². The number of hydrogen-bond acceptors (Lipinski definition) is 2. The van der Waals surface area contributed by atoms with E-state index in [0.29, 0.717) is 0 Å². The van der Waals surface area contributed by atoms with Gasteiger partial charge in [0.2, 0.25) is 0 Å². The van der Waals surface area contributed by atoms with Crippen LogP contribution in [0.25, 0.3) is 0 Å². The summed E-state index contributed by atoms with van der Waals surface area (Å²) in [6, 6.07) is 0. The predicted molar refractivity (Wildman–Crippen MR) is 29.3 cm³/mol. The van der Waals surface area contributed by atoms with Crippen LogP contribution in [0.5, 0.6) is 0 Å². The summed E-state index contributed by atoms with van der Waals surface area (Å²) in [5.41, 5.74) is 0. The van der Waals surface area contributed by atoms with Crippen molar-refractivity contribution in [3.05, 3.63) is 0 Å². The van der Waals surface area contributed by atoms with Crippen molar-refractivity contribution in [2.24, 2.45) is 0 Å². The normalized spacial score (nSPS) is 16.0. The average molecular weight is 253 g/mol.